The molecule has 0 bridgehead atoms. The van der Waals surface area contributed by atoms with Gasteiger partial charge in [-0.25, -0.2) is 0 Å². The Morgan fingerprint density at radius 2 is 1.70 bits per heavy atom. The summed E-state index contributed by atoms with van der Waals surface area (Å²) in [6.07, 6.45) is 0.851. The Balaban J connectivity index is 2.41. The summed E-state index contributed by atoms with van der Waals surface area (Å²) in [6, 6.07) is 12.4. The van der Waals surface area contributed by atoms with Crippen LogP contribution in [0.3, 0.4) is 0 Å². The van der Waals surface area contributed by atoms with Crippen molar-refractivity contribution in [3.8, 4) is 17.2 Å². The Labute approximate surface area is 138 Å². The zero-order chi connectivity index (χ0) is 16.8. The number of ether oxygens (including phenoxy) is 3. The van der Waals surface area contributed by atoms with Crippen LogP contribution >= 0.6 is 0 Å². The van der Waals surface area contributed by atoms with Gasteiger partial charge in [0.05, 0.1) is 21.3 Å². The monoisotopic (exact) mass is 315 g/mol. The first-order valence-corrected chi connectivity index (χ1v) is 7.69. The predicted octanol–water partition coefficient (Wildman–Crippen LogP) is 3.31. The standard InChI is InChI=1S/C19H25NO3/c1-13-6-5-7-14(10-13)11-15(12-20)16-8-9-17(21-2)19(23-4)18(16)22-3/h5-10,15H,11-12,20H2,1-4H3. The summed E-state index contributed by atoms with van der Waals surface area (Å²) in [5.41, 5.74) is 9.59. The van der Waals surface area contributed by atoms with E-state index in [0.717, 1.165) is 12.0 Å². The molecule has 0 saturated heterocycles. The highest BCUT2D eigenvalue weighted by molar-refractivity contribution is 5.57. The van der Waals surface area contributed by atoms with Crippen LogP contribution in [0.4, 0.5) is 0 Å². The normalized spacial score (nSPS) is 11.9. The van der Waals surface area contributed by atoms with Crippen LogP contribution in [-0.2, 0) is 6.42 Å². The lowest BCUT2D eigenvalue weighted by molar-refractivity contribution is 0.320. The maximum Gasteiger partial charge on any atom is 0.203 e. The zero-order valence-corrected chi connectivity index (χ0v) is 14.3. The molecule has 0 spiro atoms. The Morgan fingerprint density at radius 3 is 2.26 bits per heavy atom. The highest BCUT2D eigenvalue weighted by atomic mass is 16.5. The van der Waals surface area contributed by atoms with Crippen molar-refractivity contribution in [2.45, 2.75) is 19.3 Å². The van der Waals surface area contributed by atoms with Gasteiger partial charge in [0.1, 0.15) is 0 Å². The Kier molecular flexibility index (Phi) is 5.88. The molecule has 2 aromatic carbocycles. The second-order valence-electron chi connectivity index (χ2n) is 5.55. The highest BCUT2D eigenvalue weighted by Gasteiger charge is 2.21. The molecule has 2 N–H and O–H groups in total. The number of rotatable bonds is 7. The van der Waals surface area contributed by atoms with Crippen LogP contribution in [0.5, 0.6) is 17.2 Å². The Morgan fingerprint density at radius 1 is 0.957 bits per heavy atom. The second kappa shape index (κ2) is 7.88. The van der Waals surface area contributed by atoms with Crippen LogP contribution in [0.2, 0.25) is 0 Å². The van der Waals surface area contributed by atoms with E-state index in [-0.39, 0.29) is 5.92 Å². The summed E-state index contributed by atoms with van der Waals surface area (Å²) in [5, 5.41) is 0. The molecule has 23 heavy (non-hydrogen) atoms. The summed E-state index contributed by atoms with van der Waals surface area (Å²) in [7, 11) is 4.87. The van der Waals surface area contributed by atoms with E-state index >= 15 is 0 Å². The molecular formula is C19H25NO3. The molecule has 1 atom stereocenters. The van der Waals surface area contributed by atoms with Gasteiger partial charge in [-0.15, -0.1) is 0 Å². The zero-order valence-electron chi connectivity index (χ0n) is 14.3. The molecule has 4 heteroatoms. The number of methoxy groups -OCH3 is 3. The molecule has 0 radical (unpaired) electrons. The maximum absolute atomic E-state index is 6.05. The summed E-state index contributed by atoms with van der Waals surface area (Å²) in [4.78, 5) is 0. The molecule has 0 aliphatic carbocycles. The number of aryl methyl sites for hydroxylation is 1. The SMILES string of the molecule is COc1ccc(C(CN)Cc2cccc(C)c2)c(OC)c1OC. The first-order valence-electron chi connectivity index (χ1n) is 7.69. The van der Waals surface area contributed by atoms with Gasteiger partial charge < -0.3 is 19.9 Å². The van der Waals surface area contributed by atoms with Crippen LogP contribution in [-0.4, -0.2) is 27.9 Å². The van der Waals surface area contributed by atoms with Gasteiger partial charge in [0.25, 0.3) is 0 Å². The van der Waals surface area contributed by atoms with E-state index in [1.165, 1.54) is 11.1 Å². The van der Waals surface area contributed by atoms with E-state index in [0.29, 0.717) is 23.8 Å². The largest absolute Gasteiger partial charge is 0.493 e. The van der Waals surface area contributed by atoms with Crippen LogP contribution in [0.1, 0.15) is 22.6 Å². The molecule has 4 nitrogen and oxygen atoms in total. The van der Waals surface area contributed by atoms with E-state index in [4.69, 9.17) is 19.9 Å². The van der Waals surface area contributed by atoms with Crippen molar-refractivity contribution in [1.29, 1.82) is 0 Å². The molecule has 124 valence electrons. The molecular weight excluding hydrogens is 290 g/mol. The fourth-order valence-corrected chi connectivity index (χ4v) is 2.89. The lowest BCUT2D eigenvalue weighted by Gasteiger charge is -2.21. The van der Waals surface area contributed by atoms with Crippen molar-refractivity contribution in [3.05, 3.63) is 53.1 Å². The molecule has 0 amide bonds. The topological polar surface area (TPSA) is 53.7 Å². The van der Waals surface area contributed by atoms with Crippen molar-refractivity contribution >= 4 is 0 Å². The lowest BCUT2D eigenvalue weighted by Crippen LogP contribution is -2.16. The second-order valence-corrected chi connectivity index (χ2v) is 5.55. The maximum atomic E-state index is 6.05. The molecule has 0 saturated carbocycles. The molecule has 1 unspecified atom stereocenters. The van der Waals surface area contributed by atoms with Gasteiger partial charge in [-0.1, -0.05) is 35.9 Å². The van der Waals surface area contributed by atoms with E-state index in [2.05, 4.69) is 31.2 Å². The first-order chi connectivity index (χ1) is 11.1. The third-order valence-electron chi connectivity index (χ3n) is 4.02. The van der Waals surface area contributed by atoms with Gasteiger partial charge in [-0.3, -0.25) is 0 Å². The molecule has 0 heterocycles. The Bertz CT molecular complexity index is 655. The summed E-state index contributed by atoms with van der Waals surface area (Å²) in [5.74, 6) is 2.09. The molecule has 2 aromatic rings. The highest BCUT2D eigenvalue weighted by Crippen LogP contribution is 2.43. The van der Waals surface area contributed by atoms with Gasteiger partial charge in [-0.2, -0.15) is 0 Å². The average Bonchev–Trinajstić information content (AvgIpc) is 2.58. The van der Waals surface area contributed by atoms with E-state index in [1.807, 2.05) is 12.1 Å². The molecule has 0 aliphatic heterocycles. The van der Waals surface area contributed by atoms with Crippen molar-refractivity contribution in [1.82, 2.24) is 0 Å². The van der Waals surface area contributed by atoms with E-state index < -0.39 is 0 Å². The Hall–Kier alpha value is -2.20. The third-order valence-corrected chi connectivity index (χ3v) is 4.02. The minimum Gasteiger partial charge on any atom is -0.493 e. The minimum atomic E-state index is 0.145. The average molecular weight is 315 g/mol. The number of nitrogens with two attached hydrogens (primary N) is 1. The third kappa shape index (κ3) is 3.77. The van der Waals surface area contributed by atoms with E-state index in [9.17, 15) is 0 Å². The van der Waals surface area contributed by atoms with Gasteiger partial charge >= 0.3 is 0 Å². The fourth-order valence-electron chi connectivity index (χ4n) is 2.89. The van der Waals surface area contributed by atoms with Crippen LogP contribution < -0.4 is 19.9 Å². The molecule has 0 aromatic heterocycles. The van der Waals surface area contributed by atoms with Crippen LogP contribution in [0, 0.1) is 6.92 Å². The van der Waals surface area contributed by atoms with Crippen molar-refractivity contribution in [3.63, 3.8) is 0 Å². The summed E-state index contributed by atoms with van der Waals surface area (Å²) < 4.78 is 16.4. The fraction of sp³-hybridized carbons (Fsp3) is 0.368. The molecule has 0 fully saturated rings. The first kappa shape index (κ1) is 17.2. The van der Waals surface area contributed by atoms with Gasteiger partial charge in [0.2, 0.25) is 5.75 Å². The van der Waals surface area contributed by atoms with Crippen molar-refractivity contribution in [2.75, 3.05) is 27.9 Å². The minimum absolute atomic E-state index is 0.145. The van der Waals surface area contributed by atoms with Gasteiger partial charge in [0.15, 0.2) is 11.5 Å². The van der Waals surface area contributed by atoms with Crippen LogP contribution in [0.25, 0.3) is 0 Å². The van der Waals surface area contributed by atoms with Crippen LogP contribution in [0.15, 0.2) is 36.4 Å². The van der Waals surface area contributed by atoms with E-state index in [1.54, 1.807) is 21.3 Å². The molecule has 0 aliphatic rings. The van der Waals surface area contributed by atoms with Gasteiger partial charge in [-0.05, 0) is 31.5 Å². The van der Waals surface area contributed by atoms with Gasteiger partial charge in [0, 0.05) is 11.5 Å². The number of hydrogen-bond acceptors (Lipinski definition) is 4. The summed E-state index contributed by atoms with van der Waals surface area (Å²) in [6.45, 7) is 2.62. The molecule has 2 rings (SSSR count). The number of benzene rings is 2. The predicted molar refractivity (Wildman–Crippen MR) is 92.8 cm³/mol. The quantitative estimate of drug-likeness (QED) is 0.852. The summed E-state index contributed by atoms with van der Waals surface area (Å²) >= 11 is 0. The van der Waals surface area contributed by atoms with Crippen molar-refractivity contribution in [2.24, 2.45) is 5.73 Å². The smallest absolute Gasteiger partial charge is 0.203 e. The van der Waals surface area contributed by atoms with Crippen molar-refractivity contribution < 1.29 is 14.2 Å². The lowest BCUT2D eigenvalue weighted by atomic mass is 9.90. The number of hydrogen-bond donors (Lipinski definition) is 1.